The Morgan fingerprint density at radius 2 is 1.46 bits per heavy atom. The Hall–Kier alpha value is -4.81. The molecule has 1 aliphatic heterocycles. The summed E-state index contributed by atoms with van der Waals surface area (Å²) in [5, 5.41) is 3.81. The van der Waals surface area contributed by atoms with E-state index in [0.717, 1.165) is 37.0 Å². The Morgan fingerprint density at radius 1 is 0.795 bits per heavy atom. The Bertz CT molecular complexity index is 1670. The van der Waals surface area contributed by atoms with E-state index >= 15 is 0 Å². The maximum Gasteiger partial charge on any atom is 0.256 e. The van der Waals surface area contributed by atoms with E-state index in [-0.39, 0.29) is 11.5 Å². The van der Waals surface area contributed by atoms with Crippen LogP contribution in [0.15, 0.2) is 103 Å². The molecule has 5 aromatic rings. The Morgan fingerprint density at radius 3 is 2.21 bits per heavy atom. The zero-order valence-electron chi connectivity index (χ0n) is 21.4. The van der Waals surface area contributed by atoms with Crippen molar-refractivity contribution in [2.75, 3.05) is 11.9 Å². The smallest absolute Gasteiger partial charge is 0.256 e. The molecule has 0 fully saturated rings. The minimum absolute atomic E-state index is 0.277. The number of aromatic nitrogens is 1. The first-order chi connectivity index (χ1) is 19.0. The van der Waals surface area contributed by atoms with E-state index in [9.17, 15) is 9.59 Å². The quantitative estimate of drug-likeness (QED) is 0.288. The van der Waals surface area contributed by atoms with Gasteiger partial charge in [0.15, 0.2) is 0 Å². The summed E-state index contributed by atoms with van der Waals surface area (Å²) in [7, 11) is 0. The van der Waals surface area contributed by atoms with Crippen LogP contribution in [0, 0.1) is 0 Å². The topological polar surface area (TPSA) is 88.3 Å². The fourth-order valence-electron chi connectivity index (χ4n) is 5.20. The summed E-state index contributed by atoms with van der Waals surface area (Å²) < 4.78 is 0. The monoisotopic (exact) mass is 512 g/mol. The number of fused-ring (bicyclic) bond motifs is 2. The van der Waals surface area contributed by atoms with Gasteiger partial charge in [-0.05, 0) is 53.4 Å². The fraction of sp³-hybridized carbons (Fsp3) is 0.121. The van der Waals surface area contributed by atoms with Crippen LogP contribution in [0.25, 0.3) is 22.2 Å². The zero-order valence-corrected chi connectivity index (χ0v) is 21.4. The van der Waals surface area contributed by atoms with E-state index < -0.39 is 5.91 Å². The largest absolute Gasteiger partial charge is 0.366 e. The first-order valence-electron chi connectivity index (χ1n) is 13.0. The molecular weight excluding hydrogens is 484 g/mol. The summed E-state index contributed by atoms with van der Waals surface area (Å²) in [6.07, 6.45) is 0.939. The Labute approximate surface area is 227 Å². The van der Waals surface area contributed by atoms with E-state index in [4.69, 9.17) is 10.7 Å². The number of nitrogens with one attached hydrogen (secondary N) is 1. The molecule has 6 heteroatoms. The van der Waals surface area contributed by atoms with Crippen LogP contribution in [0.5, 0.6) is 0 Å². The lowest BCUT2D eigenvalue weighted by Crippen LogP contribution is -2.19. The van der Waals surface area contributed by atoms with Crippen LogP contribution in [0.2, 0.25) is 0 Å². The molecule has 6 nitrogen and oxygen atoms in total. The van der Waals surface area contributed by atoms with Crippen molar-refractivity contribution in [1.29, 1.82) is 0 Å². The van der Waals surface area contributed by atoms with Gasteiger partial charge in [-0.25, -0.2) is 4.98 Å². The molecule has 0 bridgehead atoms. The number of para-hydroxylation sites is 1. The maximum absolute atomic E-state index is 13.4. The van der Waals surface area contributed by atoms with Gasteiger partial charge in [-0.15, -0.1) is 0 Å². The van der Waals surface area contributed by atoms with Crippen molar-refractivity contribution < 1.29 is 9.59 Å². The molecule has 0 saturated heterocycles. The number of hydrogen-bond acceptors (Lipinski definition) is 4. The normalized spacial score (nSPS) is 12.8. The third-order valence-corrected chi connectivity index (χ3v) is 7.25. The van der Waals surface area contributed by atoms with Crippen molar-refractivity contribution >= 4 is 28.4 Å². The molecule has 2 heterocycles. The van der Waals surface area contributed by atoms with Gasteiger partial charge in [-0.3, -0.25) is 14.5 Å². The highest BCUT2D eigenvalue weighted by atomic mass is 16.2. The second-order valence-electron chi connectivity index (χ2n) is 9.87. The summed E-state index contributed by atoms with van der Waals surface area (Å²) in [5.41, 5.74) is 12.8. The van der Waals surface area contributed by atoms with Crippen molar-refractivity contribution in [3.63, 3.8) is 0 Å². The van der Waals surface area contributed by atoms with Crippen molar-refractivity contribution in [3.05, 3.63) is 131 Å². The second-order valence-corrected chi connectivity index (χ2v) is 9.87. The maximum atomic E-state index is 13.4. The lowest BCUT2D eigenvalue weighted by atomic mass is 9.98. The number of benzene rings is 4. The predicted molar refractivity (Wildman–Crippen MR) is 154 cm³/mol. The van der Waals surface area contributed by atoms with E-state index in [1.165, 1.54) is 16.7 Å². The number of hydrogen-bond donors (Lipinski definition) is 2. The molecule has 3 N–H and O–H groups in total. The molecule has 0 unspecified atom stereocenters. The molecule has 0 radical (unpaired) electrons. The summed E-state index contributed by atoms with van der Waals surface area (Å²) in [6.45, 7) is 2.97. The molecule has 1 aromatic heterocycles. The van der Waals surface area contributed by atoms with Crippen LogP contribution in [0.3, 0.4) is 0 Å². The average molecular weight is 513 g/mol. The van der Waals surface area contributed by atoms with Gasteiger partial charge in [-0.2, -0.15) is 0 Å². The van der Waals surface area contributed by atoms with Crippen molar-refractivity contribution in [2.45, 2.75) is 19.5 Å². The van der Waals surface area contributed by atoms with Gasteiger partial charge in [0.2, 0.25) is 0 Å². The van der Waals surface area contributed by atoms with Crippen molar-refractivity contribution in [1.82, 2.24) is 9.88 Å². The van der Waals surface area contributed by atoms with E-state index in [2.05, 4.69) is 46.6 Å². The van der Waals surface area contributed by atoms with Gasteiger partial charge in [0.05, 0.1) is 16.8 Å². The fourth-order valence-corrected chi connectivity index (χ4v) is 5.20. The number of carbonyl (C=O) groups is 2. The summed E-state index contributed by atoms with van der Waals surface area (Å²) in [4.78, 5) is 32.9. The third-order valence-electron chi connectivity index (χ3n) is 7.25. The predicted octanol–water partition coefficient (Wildman–Crippen LogP) is 5.81. The molecule has 192 valence electrons. The van der Waals surface area contributed by atoms with E-state index in [1.54, 1.807) is 24.3 Å². The van der Waals surface area contributed by atoms with Crippen molar-refractivity contribution in [2.24, 2.45) is 5.73 Å². The minimum Gasteiger partial charge on any atom is -0.366 e. The highest BCUT2D eigenvalue weighted by Crippen LogP contribution is 2.29. The molecule has 39 heavy (non-hydrogen) atoms. The molecule has 2 amide bonds. The molecule has 6 rings (SSSR count). The number of nitrogens with two attached hydrogens (primary N) is 1. The van der Waals surface area contributed by atoms with E-state index in [0.29, 0.717) is 22.5 Å². The van der Waals surface area contributed by atoms with Gasteiger partial charge in [0.25, 0.3) is 11.8 Å². The van der Waals surface area contributed by atoms with Crippen LogP contribution in [0.1, 0.15) is 37.4 Å². The molecule has 0 saturated carbocycles. The number of rotatable bonds is 7. The Kier molecular flexibility index (Phi) is 6.61. The highest BCUT2D eigenvalue weighted by molar-refractivity contribution is 6.11. The second kappa shape index (κ2) is 10.5. The number of pyridine rings is 1. The summed E-state index contributed by atoms with van der Waals surface area (Å²) in [6, 6.07) is 33.0. The zero-order chi connectivity index (χ0) is 26.8. The number of amides is 2. The van der Waals surface area contributed by atoms with Gasteiger partial charge in [0.1, 0.15) is 0 Å². The summed E-state index contributed by atoms with van der Waals surface area (Å²) >= 11 is 0. The molecule has 1 aliphatic rings. The van der Waals surface area contributed by atoms with Crippen molar-refractivity contribution in [3.8, 4) is 11.3 Å². The SMILES string of the molecule is NC(=O)c1cc2ccccc2nc1-c1ccccc1C(=O)Nc1ccc(CCN2Cc3ccccc3C2)cc1. The molecule has 4 aromatic carbocycles. The average Bonchev–Trinajstić information content (AvgIpc) is 3.39. The van der Waals surface area contributed by atoms with Crippen LogP contribution < -0.4 is 11.1 Å². The number of nitrogens with zero attached hydrogens (tertiary/aromatic N) is 2. The van der Waals surface area contributed by atoms with Crippen LogP contribution >= 0.6 is 0 Å². The van der Waals surface area contributed by atoms with Gasteiger partial charge < -0.3 is 11.1 Å². The number of anilines is 1. The van der Waals surface area contributed by atoms with Crippen LogP contribution in [0.4, 0.5) is 5.69 Å². The lowest BCUT2D eigenvalue weighted by molar-refractivity contribution is 0.0997. The van der Waals surface area contributed by atoms with Crippen LogP contribution in [-0.2, 0) is 19.5 Å². The van der Waals surface area contributed by atoms with Crippen LogP contribution in [-0.4, -0.2) is 28.2 Å². The molecule has 0 aliphatic carbocycles. The number of primary amides is 1. The van der Waals surface area contributed by atoms with Gasteiger partial charge in [-0.1, -0.05) is 72.8 Å². The first-order valence-corrected chi connectivity index (χ1v) is 13.0. The molecule has 0 atom stereocenters. The lowest BCUT2D eigenvalue weighted by Gasteiger charge is -2.15. The standard InChI is InChI=1S/C33H28N4O2/c34-32(38)29-19-23-7-3-6-12-30(23)36-31(29)27-10-4-5-11-28(27)33(39)35-26-15-13-22(14-16-26)17-18-37-20-24-8-1-2-9-25(24)21-37/h1-16,19H,17-18,20-21H2,(H2,34,38)(H,35,39). The molecular formula is C33H28N4O2. The summed E-state index contributed by atoms with van der Waals surface area (Å²) in [5.74, 6) is -0.870. The van der Waals surface area contributed by atoms with Gasteiger partial charge in [0, 0.05) is 41.8 Å². The highest BCUT2D eigenvalue weighted by Gasteiger charge is 2.20. The number of carbonyl (C=O) groups excluding carboxylic acids is 2. The third kappa shape index (κ3) is 5.15. The molecule has 0 spiro atoms. The first kappa shape index (κ1) is 24.5. The van der Waals surface area contributed by atoms with E-state index in [1.807, 2.05) is 42.5 Å². The van der Waals surface area contributed by atoms with Gasteiger partial charge >= 0.3 is 0 Å². The minimum atomic E-state index is -0.591. The Balaban J connectivity index is 1.18.